The van der Waals surface area contributed by atoms with E-state index in [0.717, 1.165) is 6.42 Å². The lowest BCUT2D eigenvalue weighted by molar-refractivity contribution is -0.141. The second kappa shape index (κ2) is 3.25. The van der Waals surface area contributed by atoms with Gasteiger partial charge in [-0.15, -0.1) is 11.6 Å². The van der Waals surface area contributed by atoms with Gasteiger partial charge in [0.2, 0.25) is 0 Å². The molecule has 12 heavy (non-hydrogen) atoms. The van der Waals surface area contributed by atoms with Crippen LogP contribution in [-0.4, -0.2) is 16.0 Å². The van der Waals surface area contributed by atoms with Crippen molar-refractivity contribution in [3.63, 3.8) is 0 Å². The van der Waals surface area contributed by atoms with Crippen LogP contribution >= 0.6 is 11.6 Å². The lowest BCUT2D eigenvalue weighted by Crippen LogP contribution is -2.39. The number of alkyl halides is 1. The summed E-state index contributed by atoms with van der Waals surface area (Å²) >= 11 is 5.97. The molecule has 0 saturated heterocycles. The summed E-state index contributed by atoms with van der Waals surface area (Å²) in [7, 11) is 0. The van der Waals surface area contributed by atoms with Crippen LogP contribution in [0.1, 0.15) is 33.1 Å². The first-order valence-electron chi connectivity index (χ1n) is 4.38. The standard InChI is InChI=1S/C9H15ClO2/c1-6-3-4-9(10,8(11)12)5-7(6)2/h6-7H,3-5H2,1-2H3,(H,11,12). The lowest BCUT2D eigenvalue weighted by Gasteiger charge is -2.35. The minimum Gasteiger partial charge on any atom is -0.480 e. The maximum Gasteiger partial charge on any atom is 0.324 e. The molecular weight excluding hydrogens is 176 g/mol. The van der Waals surface area contributed by atoms with Gasteiger partial charge in [-0.25, -0.2) is 0 Å². The van der Waals surface area contributed by atoms with Crippen LogP contribution < -0.4 is 0 Å². The summed E-state index contributed by atoms with van der Waals surface area (Å²) in [6.07, 6.45) is 2.14. The molecule has 0 radical (unpaired) electrons. The van der Waals surface area contributed by atoms with Crippen LogP contribution in [0.15, 0.2) is 0 Å². The second-order valence-corrected chi connectivity index (χ2v) is 4.69. The summed E-state index contributed by atoms with van der Waals surface area (Å²) in [6.45, 7) is 4.23. The van der Waals surface area contributed by atoms with E-state index in [0.29, 0.717) is 24.7 Å². The first kappa shape index (κ1) is 9.85. The zero-order valence-electron chi connectivity index (χ0n) is 7.51. The summed E-state index contributed by atoms with van der Waals surface area (Å²) in [5.41, 5.74) is 0. The Kier molecular flexibility index (Phi) is 2.67. The first-order valence-corrected chi connectivity index (χ1v) is 4.76. The molecular formula is C9H15ClO2. The Morgan fingerprint density at radius 3 is 2.50 bits per heavy atom. The fourth-order valence-electron chi connectivity index (χ4n) is 1.75. The second-order valence-electron chi connectivity index (χ2n) is 3.97. The van der Waals surface area contributed by atoms with Gasteiger partial charge in [0.05, 0.1) is 0 Å². The fraction of sp³-hybridized carbons (Fsp3) is 0.889. The predicted molar refractivity (Wildman–Crippen MR) is 48.4 cm³/mol. The molecule has 3 heteroatoms. The smallest absolute Gasteiger partial charge is 0.324 e. The van der Waals surface area contributed by atoms with E-state index < -0.39 is 10.8 Å². The summed E-state index contributed by atoms with van der Waals surface area (Å²) < 4.78 is 0. The molecule has 1 aliphatic rings. The summed E-state index contributed by atoms with van der Waals surface area (Å²) in [5.74, 6) is 0.173. The number of rotatable bonds is 1. The molecule has 0 aromatic carbocycles. The van der Waals surface area contributed by atoms with E-state index >= 15 is 0 Å². The van der Waals surface area contributed by atoms with E-state index in [1.807, 2.05) is 0 Å². The number of hydrogen-bond donors (Lipinski definition) is 1. The van der Waals surface area contributed by atoms with Gasteiger partial charge in [-0.2, -0.15) is 0 Å². The van der Waals surface area contributed by atoms with Gasteiger partial charge in [-0.3, -0.25) is 4.79 Å². The van der Waals surface area contributed by atoms with Crippen LogP contribution in [0.5, 0.6) is 0 Å². The molecule has 0 heterocycles. The summed E-state index contributed by atoms with van der Waals surface area (Å²) in [6, 6.07) is 0. The Balaban J connectivity index is 2.66. The number of carboxylic acid groups (broad SMARTS) is 1. The first-order chi connectivity index (χ1) is 5.46. The Morgan fingerprint density at radius 1 is 1.50 bits per heavy atom. The maximum atomic E-state index is 10.8. The van der Waals surface area contributed by atoms with Crippen molar-refractivity contribution in [3.8, 4) is 0 Å². The van der Waals surface area contributed by atoms with Gasteiger partial charge in [0.15, 0.2) is 0 Å². The molecule has 1 saturated carbocycles. The molecule has 70 valence electrons. The highest BCUT2D eigenvalue weighted by atomic mass is 35.5. The van der Waals surface area contributed by atoms with Gasteiger partial charge < -0.3 is 5.11 Å². The molecule has 1 N–H and O–H groups in total. The molecule has 3 atom stereocenters. The number of carbonyl (C=O) groups is 1. The van der Waals surface area contributed by atoms with Gasteiger partial charge in [-0.1, -0.05) is 13.8 Å². The van der Waals surface area contributed by atoms with Crippen molar-refractivity contribution in [2.75, 3.05) is 0 Å². The zero-order valence-corrected chi connectivity index (χ0v) is 8.27. The maximum absolute atomic E-state index is 10.8. The third-order valence-electron chi connectivity index (χ3n) is 3.00. The molecule has 0 aliphatic heterocycles. The molecule has 3 unspecified atom stereocenters. The van der Waals surface area contributed by atoms with Crippen molar-refractivity contribution in [2.45, 2.75) is 38.0 Å². The Labute approximate surface area is 77.9 Å². The molecule has 0 amide bonds. The third kappa shape index (κ3) is 1.74. The molecule has 0 spiro atoms. The van der Waals surface area contributed by atoms with Gasteiger partial charge in [0.1, 0.15) is 4.87 Å². The van der Waals surface area contributed by atoms with E-state index in [4.69, 9.17) is 16.7 Å². The predicted octanol–water partition coefficient (Wildman–Crippen LogP) is 2.50. The molecule has 1 fully saturated rings. The van der Waals surface area contributed by atoms with E-state index in [1.54, 1.807) is 0 Å². The average Bonchev–Trinajstić information content (AvgIpc) is 1.97. The Morgan fingerprint density at radius 2 is 2.08 bits per heavy atom. The molecule has 0 aromatic heterocycles. The SMILES string of the molecule is CC1CCC(Cl)(C(=O)O)CC1C. The lowest BCUT2D eigenvalue weighted by atomic mass is 9.75. The van der Waals surface area contributed by atoms with Crippen molar-refractivity contribution in [2.24, 2.45) is 11.8 Å². The van der Waals surface area contributed by atoms with Crippen LogP contribution in [0.3, 0.4) is 0 Å². The van der Waals surface area contributed by atoms with Crippen LogP contribution in [0.4, 0.5) is 0 Å². The minimum atomic E-state index is -0.980. The number of hydrogen-bond acceptors (Lipinski definition) is 1. The normalized spacial score (nSPS) is 42.6. The largest absolute Gasteiger partial charge is 0.480 e. The van der Waals surface area contributed by atoms with Crippen LogP contribution in [0.25, 0.3) is 0 Å². The van der Waals surface area contributed by atoms with E-state index in [-0.39, 0.29) is 0 Å². The van der Waals surface area contributed by atoms with Crippen molar-refractivity contribution in [1.29, 1.82) is 0 Å². The van der Waals surface area contributed by atoms with Crippen molar-refractivity contribution >= 4 is 17.6 Å². The number of halogens is 1. The summed E-state index contributed by atoms with van der Waals surface area (Å²) in [5, 5.41) is 8.87. The van der Waals surface area contributed by atoms with Gasteiger partial charge >= 0.3 is 5.97 Å². The molecule has 1 rings (SSSR count). The monoisotopic (exact) mass is 190 g/mol. The molecule has 1 aliphatic carbocycles. The molecule has 0 aromatic rings. The minimum absolute atomic E-state index is 0.423. The third-order valence-corrected chi connectivity index (χ3v) is 3.50. The number of carboxylic acids is 1. The fourth-order valence-corrected chi connectivity index (χ4v) is 2.10. The van der Waals surface area contributed by atoms with Crippen LogP contribution in [0, 0.1) is 11.8 Å². The van der Waals surface area contributed by atoms with E-state index in [1.165, 1.54) is 0 Å². The Hall–Kier alpha value is -0.240. The van der Waals surface area contributed by atoms with Crippen LogP contribution in [-0.2, 0) is 4.79 Å². The van der Waals surface area contributed by atoms with Crippen molar-refractivity contribution in [1.82, 2.24) is 0 Å². The number of aliphatic carboxylic acids is 1. The quantitative estimate of drug-likeness (QED) is 0.646. The van der Waals surface area contributed by atoms with E-state index in [2.05, 4.69) is 13.8 Å². The van der Waals surface area contributed by atoms with Gasteiger partial charge in [-0.05, 0) is 31.1 Å². The zero-order chi connectivity index (χ0) is 9.35. The molecule has 0 bridgehead atoms. The Bertz CT molecular complexity index is 193. The van der Waals surface area contributed by atoms with Gasteiger partial charge in [0.25, 0.3) is 0 Å². The van der Waals surface area contributed by atoms with Crippen molar-refractivity contribution < 1.29 is 9.90 Å². The average molecular weight is 191 g/mol. The highest BCUT2D eigenvalue weighted by Crippen LogP contribution is 2.40. The van der Waals surface area contributed by atoms with Crippen molar-refractivity contribution in [3.05, 3.63) is 0 Å². The summed E-state index contributed by atoms with van der Waals surface area (Å²) in [4.78, 5) is 9.82. The highest BCUT2D eigenvalue weighted by Gasteiger charge is 2.42. The van der Waals surface area contributed by atoms with E-state index in [9.17, 15) is 4.79 Å². The highest BCUT2D eigenvalue weighted by molar-refractivity contribution is 6.33. The van der Waals surface area contributed by atoms with Crippen LogP contribution in [0.2, 0.25) is 0 Å². The molecule has 2 nitrogen and oxygen atoms in total. The topological polar surface area (TPSA) is 37.3 Å². The van der Waals surface area contributed by atoms with Gasteiger partial charge in [0, 0.05) is 0 Å².